The molecule has 1 heterocycles. The summed E-state index contributed by atoms with van der Waals surface area (Å²) in [4.78, 5) is 12.8. The van der Waals surface area contributed by atoms with Gasteiger partial charge in [-0.2, -0.15) is 13.2 Å². The predicted octanol–water partition coefficient (Wildman–Crippen LogP) is 2.46. The monoisotopic (exact) mass is 272 g/mol. The molecule has 6 heteroatoms. The van der Waals surface area contributed by atoms with Gasteiger partial charge in [-0.1, -0.05) is 37.3 Å². The maximum absolute atomic E-state index is 12.6. The van der Waals surface area contributed by atoms with Gasteiger partial charge in [0.15, 0.2) is 0 Å². The third-order valence-corrected chi connectivity index (χ3v) is 3.13. The molecule has 0 spiro atoms. The average Bonchev–Trinajstić information content (AvgIpc) is 2.66. The van der Waals surface area contributed by atoms with Gasteiger partial charge in [-0.15, -0.1) is 0 Å². The maximum atomic E-state index is 12.6. The van der Waals surface area contributed by atoms with Crippen molar-refractivity contribution >= 4 is 5.91 Å². The van der Waals surface area contributed by atoms with Crippen LogP contribution in [0, 0.1) is 0 Å². The Bertz CT molecular complexity index is 447. The number of halogens is 3. The lowest BCUT2D eigenvalue weighted by molar-refractivity contribution is -0.161. The van der Waals surface area contributed by atoms with Gasteiger partial charge in [-0.05, 0) is 12.0 Å². The molecule has 0 bridgehead atoms. The summed E-state index contributed by atoms with van der Waals surface area (Å²) in [6, 6.07) is 8.15. The first kappa shape index (κ1) is 13.9. The van der Waals surface area contributed by atoms with Crippen molar-refractivity contribution in [1.29, 1.82) is 0 Å². The molecule has 1 aromatic carbocycles. The minimum Gasteiger partial charge on any atom is -0.312 e. The molecule has 19 heavy (non-hydrogen) atoms. The fourth-order valence-corrected chi connectivity index (χ4v) is 2.25. The number of carbonyl (C=O) groups is 1. The van der Waals surface area contributed by atoms with Crippen molar-refractivity contribution in [2.24, 2.45) is 0 Å². The van der Waals surface area contributed by atoms with E-state index < -0.39 is 30.8 Å². The van der Waals surface area contributed by atoms with Crippen LogP contribution in [0.2, 0.25) is 0 Å². The third kappa shape index (κ3) is 3.07. The van der Waals surface area contributed by atoms with Crippen molar-refractivity contribution in [1.82, 2.24) is 10.2 Å². The highest BCUT2D eigenvalue weighted by molar-refractivity contribution is 5.84. The van der Waals surface area contributed by atoms with Crippen LogP contribution in [0.25, 0.3) is 0 Å². The number of hydrogen-bond acceptors (Lipinski definition) is 2. The number of rotatable bonds is 3. The normalized spacial score (nSPS) is 24.0. The number of nitrogens with one attached hydrogen (secondary N) is 1. The molecule has 0 saturated carbocycles. The van der Waals surface area contributed by atoms with E-state index in [4.69, 9.17) is 0 Å². The van der Waals surface area contributed by atoms with Crippen molar-refractivity contribution in [3.8, 4) is 0 Å². The van der Waals surface area contributed by atoms with Crippen LogP contribution in [-0.2, 0) is 4.79 Å². The van der Waals surface area contributed by atoms with Gasteiger partial charge in [0, 0.05) is 0 Å². The Balaban J connectivity index is 2.27. The highest BCUT2D eigenvalue weighted by Gasteiger charge is 2.44. The molecule has 0 aromatic heterocycles. The second kappa shape index (κ2) is 5.21. The minimum absolute atomic E-state index is 0.469. The Hall–Kier alpha value is -1.56. The number of amides is 1. The molecule has 1 amide bonds. The van der Waals surface area contributed by atoms with Crippen LogP contribution in [-0.4, -0.2) is 29.6 Å². The first-order chi connectivity index (χ1) is 8.92. The quantitative estimate of drug-likeness (QED) is 0.916. The molecule has 0 radical (unpaired) electrons. The van der Waals surface area contributed by atoms with Gasteiger partial charge in [0.2, 0.25) is 5.91 Å². The molecule has 1 aliphatic rings. The fraction of sp³-hybridized carbons (Fsp3) is 0.462. The van der Waals surface area contributed by atoms with Gasteiger partial charge in [0.25, 0.3) is 0 Å². The molecule has 3 nitrogen and oxygen atoms in total. The van der Waals surface area contributed by atoms with E-state index in [0.29, 0.717) is 12.0 Å². The lowest BCUT2D eigenvalue weighted by atomic mass is 10.1. The zero-order valence-electron chi connectivity index (χ0n) is 10.4. The van der Waals surface area contributed by atoms with E-state index >= 15 is 0 Å². The average molecular weight is 272 g/mol. The van der Waals surface area contributed by atoms with Crippen LogP contribution < -0.4 is 5.32 Å². The lowest BCUT2D eigenvalue weighted by Gasteiger charge is -2.25. The number of carbonyl (C=O) groups excluding carboxylic acids is 1. The maximum Gasteiger partial charge on any atom is 0.406 e. The van der Waals surface area contributed by atoms with Crippen molar-refractivity contribution in [2.75, 3.05) is 6.54 Å². The van der Waals surface area contributed by atoms with Gasteiger partial charge in [0.05, 0.1) is 6.04 Å². The van der Waals surface area contributed by atoms with Gasteiger partial charge < -0.3 is 4.90 Å². The van der Waals surface area contributed by atoms with Crippen LogP contribution in [0.3, 0.4) is 0 Å². The van der Waals surface area contributed by atoms with Crippen LogP contribution in [0.1, 0.15) is 25.1 Å². The van der Waals surface area contributed by atoms with Crippen molar-refractivity contribution in [3.63, 3.8) is 0 Å². The minimum atomic E-state index is -4.40. The van der Waals surface area contributed by atoms with Gasteiger partial charge in [-0.3, -0.25) is 10.1 Å². The van der Waals surface area contributed by atoms with Crippen molar-refractivity contribution in [2.45, 2.75) is 31.7 Å². The van der Waals surface area contributed by atoms with E-state index in [2.05, 4.69) is 5.32 Å². The summed E-state index contributed by atoms with van der Waals surface area (Å²) < 4.78 is 37.7. The summed E-state index contributed by atoms with van der Waals surface area (Å²) in [6.07, 6.45) is -4.64. The summed E-state index contributed by atoms with van der Waals surface area (Å²) in [7, 11) is 0. The predicted molar refractivity (Wildman–Crippen MR) is 64.2 cm³/mol. The Morgan fingerprint density at radius 1 is 1.26 bits per heavy atom. The molecule has 2 unspecified atom stereocenters. The number of hydrogen-bond donors (Lipinski definition) is 1. The Morgan fingerprint density at radius 3 is 2.42 bits per heavy atom. The Morgan fingerprint density at radius 2 is 1.89 bits per heavy atom. The van der Waals surface area contributed by atoms with Gasteiger partial charge in [0.1, 0.15) is 12.7 Å². The molecular formula is C13H15F3N2O. The molecule has 1 fully saturated rings. The number of benzene rings is 1. The SMILES string of the molecule is CCC1NC(c2ccccc2)N(CC(F)(F)F)C1=O. The lowest BCUT2D eigenvalue weighted by Crippen LogP contribution is -2.38. The summed E-state index contributed by atoms with van der Waals surface area (Å²) in [5.41, 5.74) is 0.663. The van der Waals surface area contributed by atoms with Gasteiger partial charge in [-0.25, -0.2) is 0 Å². The summed E-state index contributed by atoms with van der Waals surface area (Å²) >= 11 is 0. The topological polar surface area (TPSA) is 32.3 Å². The zero-order valence-corrected chi connectivity index (χ0v) is 10.4. The third-order valence-electron chi connectivity index (χ3n) is 3.13. The second-order valence-electron chi connectivity index (χ2n) is 4.52. The Kier molecular flexibility index (Phi) is 3.80. The Labute approximate surface area is 109 Å². The zero-order chi connectivity index (χ0) is 14.0. The second-order valence-corrected chi connectivity index (χ2v) is 4.52. The number of nitrogens with zero attached hydrogens (tertiary/aromatic N) is 1. The molecular weight excluding hydrogens is 257 g/mol. The summed E-state index contributed by atoms with van der Waals surface area (Å²) in [6.45, 7) is 0.545. The van der Waals surface area contributed by atoms with Crippen LogP contribution in [0.15, 0.2) is 30.3 Å². The first-order valence-corrected chi connectivity index (χ1v) is 6.10. The van der Waals surface area contributed by atoms with E-state index in [-0.39, 0.29) is 0 Å². The van der Waals surface area contributed by atoms with E-state index in [1.807, 2.05) is 0 Å². The van der Waals surface area contributed by atoms with Crippen LogP contribution in [0.4, 0.5) is 13.2 Å². The largest absolute Gasteiger partial charge is 0.406 e. The first-order valence-electron chi connectivity index (χ1n) is 6.10. The molecule has 104 valence electrons. The smallest absolute Gasteiger partial charge is 0.312 e. The molecule has 1 saturated heterocycles. The standard InChI is InChI=1S/C13H15F3N2O/c1-2-10-12(19)18(8-13(14,15)16)11(17-10)9-6-4-3-5-7-9/h3-7,10-11,17H,2,8H2,1H3. The summed E-state index contributed by atoms with van der Waals surface area (Å²) in [5, 5.41) is 2.96. The molecule has 0 aliphatic carbocycles. The van der Waals surface area contributed by atoms with E-state index in [0.717, 1.165) is 4.90 Å². The molecule has 1 aromatic rings. The number of alkyl halides is 3. The van der Waals surface area contributed by atoms with E-state index in [1.54, 1.807) is 37.3 Å². The van der Waals surface area contributed by atoms with E-state index in [1.165, 1.54) is 0 Å². The van der Waals surface area contributed by atoms with Crippen molar-refractivity contribution in [3.05, 3.63) is 35.9 Å². The fourth-order valence-electron chi connectivity index (χ4n) is 2.25. The highest BCUT2D eigenvalue weighted by Crippen LogP contribution is 2.29. The molecule has 1 aliphatic heterocycles. The van der Waals surface area contributed by atoms with Gasteiger partial charge >= 0.3 is 6.18 Å². The van der Waals surface area contributed by atoms with E-state index in [9.17, 15) is 18.0 Å². The molecule has 2 atom stereocenters. The van der Waals surface area contributed by atoms with Crippen LogP contribution >= 0.6 is 0 Å². The van der Waals surface area contributed by atoms with Crippen molar-refractivity contribution < 1.29 is 18.0 Å². The van der Waals surface area contributed by atoms with Crippen LogP contribution in [0.5, 0.6) is 0 Å². The molecule has 2 rings (SSSR count). The highest BCUT2D eigenvalue weighted by atomic mass is 19.4. The molecule has 1 N–H and O–H groups in total. The summed E-state index contributed by atoms with van der Waals surface area (Å²) in [5.74, 6) is -0.492.